The Kier molecular flexibility index (Phi) is 5.07. The summed E-state index contributed by atoms with van der Waals surface area (Å²) in [6, 6.07) is 4.95. The standard InChI is InChI=1S/C16H24N2O3/c1-21-14-7-6-12(17)10-13(14)15(19)18-11-16(20)8-4-2-3-5-9-16/h6-7,10,20H,2-5,8-9,11,17H2,1H3,(H,18,19). The predicted molar refractivity (Wildman–Crippen MR) is 82.4 cm³/mol. The van der Waals surface area contributed by atoms with E-state index in [2.05, 4.69) is 5.32 Å². The zero-order valence-electron chi connectivity index (χ0n) is 12.5. The fourth-order valence-electron chi connectivity index (χ4n) is 2.81. The minimum Gasteiger partial charge on any atom is -0.496 e. The number of aliphatic hydroxyl groups is 1. The second-order valence-corrected chi connectivity index (χ2v) is 5.78. The maximum Gasteiger partial charge on any atom is 0.255 e. The lowest BCUT2D eigenvalue weighted by atomic mass is 9.94. The first-order chi connectivity index (χ1) is 10.0. The van der Waals surface area contributed by atoms with Crippen LogP contribution in [0.4, 0.5) is 5.69 Å². The van der Waals surface area contributed by atoms with E-state index in [-0.39, 0.29) is 12.5 Å². The first-order valence-electron chi connectivity index (χ1n) is 7.48. The molecule has 2 rings (SSSR count). The molecule has 1 fully saturated rings. The summed E-state index contributed by atoms with van der Waals surface area (Å²) in [5, 5.41) is 13.4. The quantitative estimate of drug-likeness (QED) is 0.586. The van der Waals surface area contributed by atoms with E-state index in [1.807, 2.05) is 0 Å². The number of ether oxygens (including phenoxy) is 1. The largest absolute Gasteiger partial charge is 0.496 e. The van der Waals surface area contributed by atoms with Crippen molar-refractivity contribution in [1.82, 2.24) is 5.32 Å². The van der Waals surface area contributed by atoms with Crippen LogP contribution in [-0.2, 0) is 0 Å². The molecule has 0 unspecified atom stereocenters. The molecular formula is C16H24N2O3. The molecule has 0 radical (unpaired) electrons. The van der Waals surface area contributed by atoms with E-state index in [0.29, 0.717) is 17.0 Å². The summed E-state index contributed by atoms with van der Waals surface area (Å²) < 4.78 is 5.18. The SMILES string of the molecule is COc1ccc(N)cc1C(=O)NCC1(O)CCCCCC1. The van der Waals surface area contributed by atoms with E-state index in [9.17, 15) is 9.90 Å². The number of hydrogen-bond acceptors (Lipinski definition) is 4. The van der Waals surface area contributed by atoms with Crippen LogP contribution in [0, 0.1) is 0 Å². The Morgan fingerprint density at radius 1 is 1.33 bits per heavy atom. The third kappa shape index (κ3) is 4.11. The summed E-state index contributed by atoms with van der Waals surface area (Å²) >= 11 is 0. The Bertz CT molecular complexity index is 494. The molecule has 0 saturated heterocycles. The Hall–Kier alpha value is -1.75. The van der Waals surface area contributed by atoms with Gasteiger partial charge in [-0.05, 0) is 31.0 Å². The minimum atomic E-state index is -0.792. The van der Waals surface area contributed by atoms with Gasteiger partial charge < -0.3 is 20.9 Å². The summed E-state index contributed by atoms with van der Waals surface area (Å²) in [4.78, 5) is 12.3. The topological polar surface area (TPSA) is 84.6 Å². The van der Waals surface area contributed by atoms with E-state index in [1.54, 1.807) is 18.2 Å². The van der Waals surface area contributed by atoms with Gasteiger partial charge in [-0.1, -0.05) is 25.7 Å². The smallest absolute Gasteiger partial charge is 0.255 e. The molecule has 0 aromatic heterocycles. The number of nitrogens with one attached hydrogen (secondary N) is 1. The molecule has 1 aromatic carbocycles. The molecule has 5 heteroatoms. The molecule has 0 atom stereocenters. The van der Waals surface area contributed by atoms with E-state index >= 15 is 0 Å². The van der Waals surface area contributed by atoms with Crippen molar-refractivity contribution in [2.75, 3.05) is 19.4 Å². The predicted octanol–water partition coefficient (Wildman–Crippen LogP) is 2.09. The Morgan fingerprint density at radius 3 is 2.62 bits per heavy atom. The maximum absolute atomic E-state index is 12.3. The molecule has 0 heterocycles. The summed E-state index contributed by atoms with van der Waals surface area (Å²) in [6.45, 7) is 0.268. The number of amides is 1. The van der Waals surface area contributed by atoms with Gasteiger partial charge in [-0.3, -0.25) is 4.79 Å². The number of rotatable bonds is 4. The highest BCUT2D eigenvalue weighted by Crippen LogP contribution is 2.27. The van der Waals surface area contributed by atoms with Gasteiger partial charge >= 0.3 is 0 Å². The summed E-state index contributed by atoms with van der Waals surface area (Å²) in [6.07, 6.45) is 5.79. The van der Waals surface area contributed by atoms with Gasteiger partial charge in [-0.25, -0.2) is 0 Å². The van der Waals surface area contributed by atoms with Crippen LogP contribution in [-0.4, -0.2) is 30.3 Å². The van der Waals surface area contributed by atoms with Gasteiger partial charge in [0.1, 0.15) is 5.75 Å². The lowest BCUT2D eigenvalue weighted by Gasteiger charge is -2.27. The number of benzene rings is 1. The van der Waals surface area contributed by atoms with Crippen molar-refractivity contribution < 1.29 is 14.6 Å². The van der Waals surface area contributed by atoms with Gasteiger partial charge in [0.05, 0.1) is 18.3 Å². The monoisotopic (exact) mass is 292 g/mol. The molecule has 0 aliphatic heterocycles. The highest BCUT2D eigenvalue weighted by Gasteiger charge is 2.28. The molecule has 0 spiro atoms. The number of methoxy groups -OCH3 is 1. The molecule has 1 saturated carbocycles. The second kappa shape index (κ2) is 6.80. The van der Waals surface area contributed by atoms with Crippen molar-refractivity contribution in [3.05, 3.63) is 23.8 Å². The van der Waals surface area contributed by atoms with Gasteiger partial charge in [0, 0.05) is 12.2 Å². The average Bonchev–Trinajstić information content (AvgIpc) is 2.70. The van der Waals surface area contributed by atoms with Crippen LogP contribution < -0.4 is 15.8 Å². The van der Waals surface area contributed by atoms with Gasteiger partial charge in [0.25, 0.3) is 5.91 Å². The fourth-order valence-corrected chi connectivity index (χ4v) is 2.81. The van der Waals surface area contributed by atoms with Crippen LogP contribution in [0.3, 0.4) is 0 Å². The molecule has 1 amide bonds. The van der Waals surface area contributed by atoms with E-state index in [4.69, 9.17) is 10.5 Å². The summed E-state index contributed by atoms with van der Waals surface area (Å²) in [5.74, 6) is 0.214. The summed E-state index contributed by atoms with van der Waals surface area (Å²) in [7, 11) is 1.52. The van der Waals surface area contributed by atoms with Crippen molar-refractivity contribution in [1.29, 1.82) is 0 Å². The number of nitrogen functional groups attached to an aromatic ring is 1. The van der Waals surface area contributed by atoms with Gasteiger partial charge in [-0.15, -0.1) is 0 Å². The third-order valence-electron chi connectivity index (χ3n) is 4.08. The maximum atomic E-state index is 12.3. The van der Waals surface area contributed by atoms with Crippen LogP contribution in [0.15, 0.2) is 18.2 Å². The van der Waals surface area contributed by atoms with Crippen LogP contribution >= 0.6 is 0 Å². The van der Waals surface area contributed by atoms with Gasteiger partial charge in [0.15, 0.2) is 0 Å². The van der Waals surface area contributed by atoms with E-state index < -0.39 is 5.60 Å². The van der Waals surface area contributed by atoms with Crippen LogP contribution in [0.1, 0.15) is 48.9 Å². The summed E-state index contributed by atoms with van der Waals surface area (Å²) in [5.41, 5.74) is 5.84. The molecular weight excluding hydrogens is 268 g/mol. The molecule has 21 heavy (non-hydrogen) atoms. The molecule has 0 bridgehead atoms. The Balaban J connectivity index is 2.02. The molecule has 1 aromatic rings. The minimum absolute atomic E-state index is 0.267. The van der Waals surface area contributed by atoms with Crippen molar-refractivity contribution in [2.45, 2.75) is 44.1 Å². The van der Waals surface area contributed by atoms with Gasteiger partial charge in [-0.2, -0.15) is 0 Å². The van der Waals surface area contributed by atoms with Crippen molar-refractivity contribution in [3.8, 4) is 5.75 Å². The molecule has 1 aliphatic rings. The lowest BCUT2D eigenvalue weighted by Crippen LogP contribution is -2.42. The van der Waals surface area contributed by atoms with Crippen molar-refractivity contribution in [2.24, 2.45) is 0 Å². The second-order valence-electron chi connectivity index (χ2n) is 5.78. The zero-order chi connectivity index (χ0) is 15.3. The van der Waals surface area contributed by atoms with E-state index in [1.165, 1.54) is 7.11 Å². The van der Waals surface area contributed by atoms with Crippen LogP contribution in [0.5, 0.6) is 5.75 Å². The normalized spacial score (nSPS) is 17.8. The molecule has 4 N–H and O–H groups in total. The number of carbonyl (C=O) groups excluding carboxylic acids is 1. The number of nitrogens with two attached hydrogens (primary N) is 1. The average molecular weight is 292 g/mol. The highest BCUT2D eigenvalue weighted by atomic mass is 16.5. The molecule has 1 aliphatic carbocycles. The lowest BCUT2D eigenvalue weighted by molar-refractivity contribution is 0.0246. The number of anilines is 1. The first-order valence-corrected chi connectivity index (χ1v) is 7.48. The van der Waals surface area contributed by atoms with E-state index in [0.717, 1.165) is 38.5 Å². The molecule has 116 valence electrons. The van der Waals surface area contributed by atoms with Gasteiger partial charge in [0.2, 0.25) is 0 Å². The fraction of sp³-hybridized carbons (Fsp3) is 0.562. The van der Waals surface area contributed by atoms with Crippen molar-refractivity contribution in [3.63, 3.8) is 0 Å². The molecule has 5 nitrogen and oxygen atoms in total. The third-order valence-corrected chi connectivity index (χ3v) is 4.08. The highest BCUT2D eigenvalue weighted by molar-refractivity contribution is 5.97. The number of hydrogen-bond donors (Lipinski definition) is 3. The van der Waals surface area contributed by atoms with Crippen LogP contribution in [0.2, 0.25) is 0 Å². The Morgan fingerprint density at radius 2 is 2.00 bits per heavy atom. The zero-order valence-corrected chi connectivity index (χ0v) is 12.5. The van der Waals surface area contributed by atoms with Crippen LogP contribution in [0.25, 0.3) is 0 Å². The van der Waals surface area contributed by atoms with Crippen molar-refractivity contribution >= 4 is 11.6 Å². The Labute approximate surface area is 125 Å². The number of carbonyl (C=O) groups is 1. The first kappa shape index (κ1) is 15.6.